The molecule has 3 aromatic carbocycles. The average Bonchev–Trinajstić information content (AvgIpc) is 3.59. The summed E-state index contributed by atoms with van der Waals surface area (Å²) >= 11 is 1.17. The van der Waals surface area contributed by atoms with Gasteiger partial charge in [0.25, 0.3) is 11.8 Å². The Morgan fingerprint density at radius 3 is 2.58 bits per heavy atom. The number of aryl methyl sites for hydroxylation is 1. The third kappa shape index (κ3) is 2.87. The fraction of sp³-hybridized carbons (Fsp3) is 0.103. The van der Waals surface area contributed by atoms with E-state index in [1.807, 2.05) is 31.2 Å². The van der Waals surface area contributed by atoms with Crippen molar-refractivity contribution in [3.63, 3.8) is 0 Å². The summed E-state index contributed by atoms with van der Waals surface area (Å²) in [6, 6.07) is 18.4. The molecule has 0 N–H and O–H groups in total. The Bertz CT molecular complexity index is 1850. The Morgan fingerprint density at radius 1 is 1.03 bits per heavy atom. The highest BCUT2D eigenvalue weighted by molar-refractivity contribution is 7.13. The van der Waals surface area contributed by atoms with Crippen molar-refractivity contribution in [1.82, 2.24) is 4.98 Å². The third-order valence-electron chi connectivity index (χ3n) is 7.16. The predicted octanol–water partition coefficient (Wildman–Crippen LogP) is 5.15. The van der Waals surface area contributed by atoms with Gasteiger partial charge in [-0.25, -0.2) is 9.37 Å². The zero-order valence-electron chi connectivity index (χ0n) is 20.0. The number of thiazole rings is 1. The zero-order chi connectivity index (χ0) is 26.2. The molecule has 9 heteroatoms. The largest absolute Gasteiger partial charge is 0.450 e. The van der Waals surface area contributed by atoms with Crippen LogP contribution >= 0.6 is 11.3 Å². The maximum absolute atomic E-state index is 14.7. The lowest BCUT2D eigenvalue weighted by Crippen LogP contribution is -2.53. The van der Waals surface area contributed by atoms with Gasteiger partial charge < -0.3 is 9.32 Å². The van der Waals surface area contributed by atoms with Crippen LogP contribution in [-0.4, -0.2) is 16.8 Å². The molecule has 5 aromatic rings. The quantitative estimate of drug-likeness (QED) is 0.327. The van der Waals surface area contributed by atoms with Gasteiger partial charge in [-0.3, -0.25) is 19.3 Å². The minimum absolute atomic E-state index is 0.0424. The average molecular weight is 524 g/mol. The van der Waals surface area contributed by atoms with E-state index in [1.165, 1.54) is 28.5 Å². The van der Waals surface area contributed by atoms with E-state index in [1.54, 1.807) is 34.5 Å². The smallest absolute Gasteiger partial charge is 0.297 e. The van der Waals surface area contributed by atoms with Gasteiger partial charge in [-0.05, 0) is 36.8 Å². The first kappa shape index (κ1) is 22.6. The van der Waals surface area contributed by atoms with Gasteiger partial charge in [0.15, 0.2) is 16.1 Å². The van der Waals surface area contributed by atoms with Crippen LogP contribution in [-0.2, 0) is 16.9 Å². The molecule has 4 heterocycles. The molecule has 7 nitrogen and oxygen atoms in total. The number of nitrogens with zero attached hydrogens (tertiary/aromatic N) is 3. The van der Waals surface area contributed by atoms with Crippen molar-refractivity contribution in [2.45, 2.75) is 19.0 Å². The molecule has 2 aliphatic rings. The minimum atomic E-state index is -1.85. The number of rotatable bonds is 3. The molecule has 0 radical (unpaired) electrons. The summed E-state index contributed by atoms with van der Waals surface area (Å²) in [6.45, 7) is 2.20. The molecule has 7 rings (SSSR count). The fourth-order valence-corrected chi connectivity index (χ4v) is 6.18. The number of hydrogen-bond donors (Lipinski definition) is 0. The van der Waals surface area contributed by atoms with Gasteiger partial charge >= 0.3 is 0 Å². The first-order chi connectivity index (χ1) is 18.4. The van der Waals surface area contributed by atoms with Crippen molar-refractivity contribution in [2.75, 3.05) is 9.80 Å². The number of halogens is 1. The molecule has 1 atom stereocenters. The number of fused-ring (bicyclic) bond motifs is 5. The van der Waals surface area contributed by atoms with Gasteiger partial charge in [-0.1, -0.05) is 48.0 Å². The molecular weight excluding hydrogens is 505 g/mol. The van der Waals surface area contributed by atoms with Gasteiger partial charge in [0.05, 0.1) is 23.2 Å². The van der Waals surface area contributed by atoms with Crippen molar-refractivity contribution >= 4 is 44.9 Å². The molecule has 1 spiro atoms. The van der Waals surface area contributed by atoms with Gasteiger partial charge in [0.1, 0.15) is 11.4 Å². The summed E-state index contributed by atoms with van der Waals surface area (Å²) in [5, 5.41) is 1.89. The van der Waals surface area contributed by atoms with E-state index in [9.17, 15) is 18.8 Å². The van der Waals surface area contributed by atoms with E-state index >= 15 is 0 Å². The van der Waals surface area contributed by atoms with Crippen molar-refractivity contribution in [1.29, 1.82) is 0 Å². The topological polar surface area (TPSA) is 83.7 Å². The van der Waals surface area contributed by atoms with Crippen molar-refractivity contribution in [2.24, 2.45) is 0 Å². The SMILES string of the molecule is Cc1ccc(CN2C(=O)C3(c4ccccc42)c2c(oc4ccc(F)cc4c2=O)C(=O)N3c2nccs2)cc1. The second kappa shape index (κ2) is 7.93. The van der Waals surface area contributed by atoms with E-state index in [2.05, 4.69) is 4.98 Å². The molecule has 2 aliphatic heterocycles. The van der Waals surface area contributed by atoms with Crippen LogP contribution in [0.2, 0.25) is 0 Å². The Balaban J connectivity index is 1.55. The van der Waals surface area contributed by atoms with Crippen LogP contribution in [0.25, 0.3) is 11.0 Å². The van der Waals surface area contributed by atoms with Crippen LogP contribution in [0.5, 0.6) is 0 Å². The molecular formula is C29H18FN3O4S. The molecule has 0 aliphatic carbocycles. The van der Waals surface area contributed by atoms with Crippen LogP contribution < -0.4 is 15.2 Å². The molecule has 38 heavy (non-hydrogen) atoms. The predicted molar refractivity (Wildman–Crippen MR) is 141 cm³/mol. The molecule has 2 amide bonds. The third-order valence-corrected chi connectivity index (χ3v) is 7.91. The Morgan fingerprint density at radius 2 is 1.82 bits per heavy atom. The highest BCUT2D eigenvalue weighted by atomic mass is 32.1. The molecule has 1 unspecified atom stereocenters. The number of benzene rings is 3. The summed E-state index contributed by atoms with van der Waals surface area (Å²) in [6.07, 6.45) is 1.53. The number of carbonyl (C=O) groups excluding carboxylic acids is 2. The normalized spacial score (nSPS) is 18.1. The number of para-hydroxylation sites is 1. The van der Waals surface area contributed by atoms with E-state index < -0.39 is 28.6 Å². The van der Waals surface area contributed by atoms with Crippen LogP contribution in [0.4, 0.5) is 15.2 Å². The number of amides is 2. The summed E-state index contributed by atoms with van der Waals surface area (Å²) in [7, 11) is 0. The lowest BCUT2D eigenvalue weighted by molar-refractivity contribution is -0.121. The van der Waals surface area contributed by atoms with Crippen LogP contribution in [0.3, 0.4) is 0 Å². The second-order valence-electron chi connectivity index (χ2n) is 9.34. The van der Waals surface area contributed by atoms with E-state index in [4.69, 9.17) is 4.42 Å². The van der Waals surface area contributed by atoms with Gasteiger partial charge in [0, 0.05) is 17.1 Å². The number of hydrogen-bond acceptors (Lipinski definition) is 6. The highest BCUT2D eigenvalue weighted by Gasteiger charge is 2.66. The highest BCUT2D eigenvalue weighted by Crippen LogP contribution is 2.54. The lowest BCUT2D eigenvalue weighted by atomic mass is 9.84. The molecule has 0 fully saturated rings. The van der Waals surface area contributed by atoms with Crippen molar-refractivity contribution in [3.05, 3.63) is 122 Å². The van der Waals surface area contributed by atoms with Gasteiger partial charge in [-0.2, -0.15) is 0 Å². The minimum Gasteiger partial charge on any atom is -0.450 e. The summed E-state index contributed by atoms with van der Waals surface area (Å²) in [5.41, 5.74) is 0.450. The summed E-state index contributed by atoms with van der Waals surface area (Å²) in [5.74, 6) is -2.01. The van der Waals surface area contributed by atoms with Gasteiger partial charge in [-0.15, -0.1) is 11.3 Å². The van der Waals surface area contributed by atoms with Crippen molar-refractivity contribution in [3.8, 4) is 0 Å². The monoisotopic (exact) mass is 523 g/mol. The first-order valence-corrected chi connectivity index (χ1v) is 12.8. The molecule has 186 valence electrons. The maximum Gasteiger partial charge on any atom is 0.297 e. The molecule has 0 bridgehead atoms. The lowest BCUT2D eigenvalue weighted by Gasteiger charge is -2.32. The summed E-state index contributed by atoms with van der Waals surface area (Å²) < 4.78 is 20.2. The first-order valence-electron chi connectivity index (χ1n) is 11.9. The van der Waals surface area contributed by atoms with Crippen LogP contribution in [0.15, 0.2) is 87.5 Å². The molecule has 2 aromatic heterocycles. The Labute approximate surface area is 219 Å². The number of carbonyl (C=O) groups is 2. The molecule has 0 saturated heterocycles. The summed E-state index contributed by atoms with van der Waals surface area (Å²) in [4.78, 5) is 49.9. The number of aromatic nitrogens is 1. The van der Waals surface area contributed by atoms with E-state index in [0.717, 1.165) is 23.3 Å². The van der Waals surface area contributed by atoms with Crippen LogP contribution in [0, 0.1) is 12.7 Å². The fourth-order valence-electron chi connectivity index (χ4n) is 5.49. The standard InChI is InChI=1S/C29H18FN3O4S/c1-16-6-8-17(9-7-16)15-32-21-5-3-2-4-20(21)29(27(32)36)23-24(34)19-14-18(30)10-11-22(19)37-25(23)26(35)33(29)28-31-12-13-38-28/h2-14H,15H2,1H3. The molecule has 0 saturated carbocycles. The Hall–Kier alpha value is -4.63. The number of anilines is 2. The van der Waals surface area contributed by atoms with Crippen LogP contribution in [0.1, 0.15) is 32.8 Å². The van der Waals surface area contributed by atoms with Crippen molar-refractivity contribution < 1.29 is 18.4 Å². The second-order valence-corrected chi connectivity index (χ2v) is 10.2. The maximum atomic E-state index is 14.7. The Kier molecular flexibility index (Phi) is 4.71. The van der Waals surface area contributed by atoms with E-state index in [-0.39, 0.29) is 34.0 Å². The van der Waals surface area contributed by atoms with E-state index in [0.29, 0.717) is 11.3 Å². The zero-order valence-corrected chi connectivity index (χ0v) is 20.8. The van der Waals surface area contributed by atoms with Gasteiger partial charge in [0.2, 0.25) is 5.76 Å².